The van der Waals surface area contributed by atoms with Crippen LogP contribution in [0.4, 0.5) is 0 Å². The molecule has 2 fully saturated rings. The largest absolute Gasteiger partial charge is 0.380 e. The molecule has 1 aliphatic carbocycles. The summed E-state index contributed by atoms with van der Waals surface area (Å²) in [4.78, 5) is 28.6. The fourth-order valence-corrected chi connectivity index (χ4v) is 4.12. The Morgan fingerprint density at radius 3 is 2.03 bits per heavy atom. The summed E-state index contributed by atoms with van der Waals surface area (Å²) < 4.78 is 0. The number of nitrogens with one attached hydrogen (secondary N) is 1. The van der Waals surface area contributed by atoms with Crippen LogP contribution in [-0.2, 0) is 4.79 Å². The lowest BCUT2D eigenvalue weighted by atomic mass is 9.99. The Morgan fingerprint density at radius 1 is 0.969 bits per heavy atom. The van der Waals surface area contributed by atoms with E-state index in [9.17, 15) is 14.7 Å². The van der Waals surface area contributed by atoms with Crippen LogP contribution in [0.1, 0.15) is 41.2 Å². The van der Waals surface area contributed by atoms with Gasteiger partial charge in [0, 0.05) is 37.8 Å². The first-order chi connectivity index (χ1) is 15.4. The predicted octanol–water partition coefficient (Wildman–Crippen LogP) is 1.77. The fourth-order valence-electron chi connectivity index (χ4n) is 4.12. The molecule has 4 rings (SSSR count). The molecule has 2 aliphatic rings. The average Bonchev–Trinajstić information content (AvgIpc) is 3.60. The zero-order valence-electron chi connectivity index (χ0n) is 18.6. The molecular formula is C25H32N4O3. The van der Waals surface area contributed by atoms with E-state index in [1.54, 1.807) is 9.80 Å². The molecule has 0 spiro atoms. The van der Waals surface area contributed by atoms with Crippen LogP contribution in [0.15, 0.2) is 48.5 Å². The van der Waals surface area contributed by atoms with Crippen LogP contribution >= 0.6 is 0 Å². The molecule has 1 unspecified atom stereocenters. The highest BCUT2D eigenvalue weighted by Crippen LogP contribution is 2.37. The Balaban J connectivity index is 1.34. The molecule has 2 aromatic rings. The van der Waals surface area contributed by atoms with Crippen LogP contribution in [-0.4, -0.2) is 72.1 Å². The molecule has 2 aromatic carbocycles. The normalized spacial score (nSPS) is 18.3. The topological polar surface area (TPSA) is 98.9 Å². The number of benzene rings is 2. The molecule has 1 heterocycles. The van der Waals surface area contributed by atoms with Gasteiger partial charge in [0.2, 0.25) is 0 Å². The zero-order chi connectivity index (χ0) is 22.7. The molecule has 1 saturated carbocycles. The summed E-state index contributed by atoms with van der Waals surface area (Å²) in [5, 5.41) is 13.1. The first kappa shape index (κ1) is 22.5. The molecule has 7 nitrogen and oxygen atoms in total. The molecule has 7 heteroatoms. The predicted molar refractivity (Wildman–Crippen MR) is 124 cm³/mol. The fraction of sp³-hybridized carbons (Fsp3) is 0.440. The highest BCUT2D eigenvalue weighted by molar-refractivity contribution is 5.95. The summed E-state index contributed by atoms with van der Waals surface area (Å²) >= 11 is 0. The third-order valence-electron chi connectivity index (χ3n) is 6.49. The standard InChI is InChI=1S/C25H32N4O3/c1-27-13-10-22(26)20-6-2-18(3-7-20)19-4-8-21(9-5-19)23(30)28-14-16-29(17-15-28)24(31)25(32)11-12-25/h2-9,22,27,32H,10-17,26H2,1H3. The lowest BCUT2D eigenvalue weighted by Gasteiger charge is -2.35. The minimum absolute atomic E-state index is 0.0134. The Bertz CT molecular complexity index is 946. The van der Waals surface area contributed by atoms with Gasteiger partial charge in [-0.1, -0.05) is 36.4 Å². The van der Waals surface area contributed by atoms with Crippen LogP contribution < -0.4 is 11.1 Å². The van der Waals surface area contributed by atoms with Gasteiger partial charge in [-0.2, -0.15) is 0 Å². The van der Waals surface area contributed by atoms with Gasteiger partial charge < -0.3 is 26.0 Å². The smallest absolute Gasteiger partial charge is 0.254 e. The first-order valence-electron chi connectivity index (χ1n) is 11.3. The van der Waals surface area contributed by atoms with Crippen LogP contribution in [0, 0.1) is 0 Å². The number of hydrogen-bond donors (Lipinski definition) is 3. The van der Waals surface area contributed by atoms with Crippen molar-refractivity contribution in [2.45, 2.75) is 30.9 Å². The van der Waals surface area contributed by atoms with Crippen molar-refractivity contribution in [1.82, 2.24) is 15.1 Å². The van der Waals surface area contributed by atoms with E-state index in [4.69, 9.17) is 5.73 Å². The summed E-state index contributed by atoms with van der Waals surface area (Å²) in [5.74, 6) is -0.220. The van der Waals surface area contributed by atoms with Gasteiger partial charge in [-0.05, 0) is 61.7 Å². The molecule has 0 aromatic heterocycles. The van der Waals surface area contributed by atoms with Crippen LogP contribution in [0.2, 0.25) is 0 Å². The monoisotopic (exact) mass is 436 g/mol. The van der Waals surface area contributed by atoms with E-state index < -0.39 is 5.60 Å². The van der Waals surface area contributed by atoms with Crippen LogP contribution in [0.3, 0.4) is 0 Å². The second kappa shape index (κ2) is 9.40. The molecule has 170 valence electrons. The van der Waals surface area contributed by atoms with Crippen molar-refractivity contribution < 1.29 is 14.7 Å². The van der Waals surface area contributed by atoms with E-state index in [0.29, 0.717) is 44.6 Å². The van der Waals surface area contributed by atoms with Gasteiger partial charge in [-0.25, -0.2) is 0 Å². The summed E-state index contributed by atoms with van der Waals surface area (Å²) in [5.41, 5.74) is 8.97. The molecule has 1 aliphatic heterocycles. The van der Waals surface area contributed by atoms with Gasteiger partial charge in [0.15, 0.2) is 0 Å². The number of amides is 2. The number of nitrogens with zero attached hydrogens (tertiary/aromatic N) is 2. The SMILES string of the molecule is CNCCC(N)c1ccc(-c2ccc(C(=O)N3CCN(C(=O)C4(O)CC4)CC3)cc2)cc1. The average molecular weight is 437 g/mol. The van der Waals surface area contributed by atoms with E-state index in [1.807, 2.05) is 31.3 Å². The highest BCUT2D eigenvalue weighted by Gasteiger charge is 2.50. The van der Waals surface area contributed by atoms with Gasteiger partial charge in [0.1, 0.15) is 5.60 Å². The molecule has 1 atom stereocenters. The van der Waals surface area contributed by atoms with E-state index in [0.717, 1.165) is 29.7 Å². The van der Waals surface area contributed by atoms with Crippen molar-refractivity contribution >= 4 is 11.8 Å². The van der Waals surface area contributed by atoms with Gasteiger partial charge in [-0.3, -0.25) is 9.59 Å². The minimum atomic E-state index is -1.14. The maximum atomic E-state index is 12.9. The number of rotatable bonds is 7. The van der Waals surface area contributed by atoms with E-state index >= 15 is 0 Å². The zero-order valence-corrected chi connectivity index (χ0v) is 18.6. The molecule has 1 saturated heterocycles. The number of nitrogens with two attached hydrogens (primary N) is 1. The second-order valence-corrected chi connectivity index (χ2v) is 8.81. The van der Waals surface area contributed by atoms with Crippen molar-refractivity contribution in [2.24, 2.45) is 5.73 Å². The number of carbonyl (C=O) groups excluding carboxylic acids is 2. The van der Waals surface area contributed by atoms with Crippen molar-refractivity contribution in [2.75, 3.05) is 39.8 Å². The van der Waals surface area contributed by atoms with E-state index in [2.05, 4.69) is 29.6 Å². The summed E-state index contributed by atoms with van der Waals surface area (Å²) in [6, 6.07) is 15.9. The Kier molecular flexibility index (Phi) is 6.60. The van der Waals surface area contributed by atoms with Gasteiger partial charge in [0.25, 0.3) is 11.8 Å². The quantitative estimate of drug-likeness (QED) is 0.615. The van der Waals surface area contributed by atoms with Gasteiger partial charge in [0.05, 0.1) is 0 Å². The maximum absolute atomic E-state index is 12.9. The minimum Gasteiger partial charge on any atom is -0.380 e. The van der Waals surface area contributed by atoms with Crippen molar-refractivity contribution in [3.63, 3.8) is 0 Å². The molecule has 0 radical (unpaired) electrons. The van der Waals surface area contributed by atoms with E-state index in [1.165, 1.54) is 0 Å². The lowest BCUT2D eigenvalue weighted by molar-refractivity contribution is -0.143. The summed E-state index contributed by atoms with van der Waals surface area (Å²) in [6.45, 7) is 2.78. The van der Waals surface area contributed by atoms with Crippen LogP contribution in [0.5, 0.6) is 0 Å². The van der Waals surface area contributed by atoms with Crippen molar-refractivity contribution in [3.05, 3.63) is 59.7 Å². The number of aliphatic hydroxyl groups is 1. The Morgan fingerprint density at radius 2 is 1.50 bits per heavy atom. The maximum Gasteiger partial charge on any atom is 0.254 e. The molecule has 0 bridgehead atoms. The summed E-state index contributed by atoms with van der Waals surface area (Å²) in [6.07, 6.45) is 1.97. The Hall–Kier alpha value is -2.74. The van der Waals surface area contributed by atoms with Gasteiger partial charge >= 0.3 is 0 Å². The number of piperazine rings is 1. The van der Waals surface area contributed by atoms with Crippen molar-refractivity contribution in [1.29, 1.82) is 0 Å². The van der Waals surface area contributed by atoms with Crippen LogP contribution in [0.25, 0.3) is 11.1 Å². The Labute approximate surface area is 189 Å². The molecule has 32 heavy (non-hydrogen) atoms. The third kappa shape index (κ3) is 4.85. The van der Waals surface area contributed by atoms with Gasteiger partial charge in [-0.15, -0.1) is 0 Å². The van der Waals surface area contributed by atoms with Crippen molar-refractivity contribution in [3.8, 4) is 11.1 Å². The second-order valence-electron chi connectivity index (χ2n) is 8.81. The molecular weight excluding hydrogens is 404 g/mol. The molecule has 2 amide bonds. The summed E-state index contributed by atoms with van der Waals surface area (Å²) in [7, 11) is 1.92. The first-order valence-corrected chi connectivity index (χ1v) is 11.3. The third-order valence-corrected chi connectivity index (χ3v) is 6.49. The number of carbonyl (C=O) groups is 2. The highest BCUT2D eigenvalue weighted by atomic mass is 16.3. The lowest BCUT2D eigenvalue weighted by Crippen LogP contribution is -2.53. The van der Waals surface area contributed by atoms with E-state index in [-0.39, 0.29) is 17.9 Å². The number of hydrogen-bond acceptors (Lipinski definition) is 5. The molecule has 4 N–H and O–H groups in total.